The van der Waals surface area contributed by atoms with Crippen LogP contribution in [-0.4, -0.2) is 35.8 Å². The Balaban J connectivity index is 2.21. The van der Waals surface area contributed by atoms with Gasteiger partial charge in [0.05, 0.1) is 12.7 Å². The topological polar surface area (TPSA) is 29.5 Å². The van der Waals surface area contributed by atoms with Gasteiger partial charge in [-0.05, 0) is 25.0 Å². The molecule has 1 aliphatic rings. The number of para-hydroxylation sites is 1. The lowest BCUT2D eigenvalue weighted by Gasteiger charge is -2.34. The van der Waals surface area contributed by atoms with E-state index in [2.05, 4.69) is 15.9 Å². The number of rotatable bonds is 5. The summed E-state index contributed by atoms with van der Waals surface area (Å²) in [6, 6.07) is 7.86. The Kier molecular flexibility index (Phi) is 5.89. The maximum Gasteiger partial charge on any atom is 0.257 e. The molecule has 0 saturated heterocycles. The first-order chi connectivity index (χ1) is 9.77. The van der Waals surface area contributed by atoms with Crippen LogP contribution in [0.1, 0.15) is 42.5 Å². The molecule has 0 aliphatic heterocycles. The lowest BCUT2D eigenvalue weighted by Crippen LogP contribution is -2.42. The number of alkyl halides is 1. The van der Waals surface area contributed by atoms with Crippen molar-refractivity contribution in [1.29, 1.82) is 0 Å². The molecule has 1 aromatic rings. The minimum atomic E-state index is 0.0915. The number of carbonyl (C=O) groups excluding carboxylic acids is 1. The summed E-state index contributed by atoms with van der Waals surface area (Å²) in [7, 11) is 1.61. The number of nitrogens with zero attached hydrogens (tertiary/aromatic N) is 1. The van der Waals surface area contributed by atoms with Gasteiger partial charge in [-0.2, -0.15) is 0 Å². The first-order valence-corrected chi connectivity index (χ1v) is 8.40. The largest absolute Gasteiger partial charge is 0.496 e. The fraction of sp³-hybridized carbons (Fsp3) is 0.562. The van der Waals surface area contributed by atoms with Crippen LogP contribution in [0.5, 0.6) is 5.75 Å². The summed E-state index contributed by atoms with van der Waals surface area (Å²) in [6.07, 6.45) is 5.98. The first-order valence-electron chi connectivity index (χ1n) is 7.28. The van der Waals surface area contributed by atoms with Crippen molar-refractivity contribution in [2.45, 2.75) is 38.1 Å². The zero-order valence-corrected chi connectivity index (χ0v) is 13.6. The van der Waals surface area contributed by atoms with Gasteiger partial charge in [0.15, 0.2) is 0 Å². The molecule has 0 N–H and O–H groups in total. The Morgan fingerprint density at radius 3 is 2.65 bits per heavy atom. The minimum Gasteiger partial charge on any atom is -0.496 e. The van der Waals surface area contributed by atoms with Crippen molar-refractivity contribution in [2.75, 3.05) is 19.0 Å². The second-order valence-corrected chi connectivity index (χ2v) is 5.97. The molecule has 1 fully saturated rings. The number of ether oxygens (including phenoxy) is 1. The molecule has 1 amide bonds. The summed E-state index contributed by atoms with van der Waals surface area (Å²) < 4.78 is 5.32. The molecule has 0 aromatic heterocycles. The highest BCUT2D eigenvalue weighted by Crippen LogP contribution is 2.26. The zero-order valence-electron chi connectivity index (χ0n) is 12.0. The molecule has 0 unspecified atom stereocenters. The summed E-state index contributed by atoms with van der Waals surface area (Å²) in [5.41, 5.74) is 0.668. The van der Waals surface area contributed by atoms with Crippen LogP contribution < -0.4 is 4.74 Å². The number of carbonyl (C=O) groups is 1. The quantitative estimate of drug-likeness (QED) is 0.762. The second kappa shape index (κ2) is 7.67. The van der Waals surface area contributed by atoms with Crippen LogP contribution in [0, 0.1) is 0 Å². The lowest BCUT2D eigenvalue weighted by atomic mass is 9.93. The molecule has 4 heteroatoms. The van der Waals surface area contributed by atoms with Gasteiger partial charge >= 0.3 is 0 Å². The molecule has 2 rings (SSSR count). The molecule has 1 saturated carbocycles. The molecular weight excluding hydrogens is 318 g/mol. The van der Waals surface area contributed by atoms with Crippen LogP contribution in [0.2, 0.25) is 0 Å². The molecule has 3 nitrogen and oxygen atoms in total. The van der Waals surface area contributed by atoms with Crippen molar-refractivity contribution < 1.29 is 9.53 Å². The molecule has 1 aliphatic carbocycles. The Morgan fingerprint density at radius 2 is 2.00 bits per heavy atom. The smallest absolute Gasteiger partial charge is 0.257 e. The first kappa shape index (κ1) is 15.4. The van der Waals surface area contributed by atoms with Crippen molar-refractivity contribution in [3.8, 4) is 5.75 Å². The Labute approximate surface area is 129 Å². The van der Waals surface area contributed by atoms with Crippen molar-refractivity contribution in [1.82, 2.24) is 4.90 Å². The molecule has 0 heterocycles. The van der Waals surface area contributed by atoms with E-state index in [9.17, 15) is 4.79 Å². The van der Waals surface area contributed by atoms with Crippen molar-refractivity contribution in [3.05, 3.63) is 29.8 Å². The van der Waals surface area contributed by atoms with Gasteiger partial charge in [-0.1, -0.05) is 47.3 Å². The van der Waals surface area contributed by atoms with Crippen molar-refractivity contribution in [2.24, 2.45) is 0 Å². The fourth-order valence-electron chi connectivity index (χ4n) is 2.91. The molecule has 110 valence electrons. The molecular formula is C16H22BrNO2. The molecule has 20 heavy (non-hydrogen) atoms. The SMILES string of the molecule is COc1ccccc1C(=O)N(CCBr)C1CCCCC1. The van der Waals surface area contributed by atoms with Gasteiger partial charge in [-0.25, -0.2) is 0 Å². The van der Waals surface area contributed by atoms with Crippen LogP contribution in [0.3, 0.4) is 0 Å². The number of hydrogen-bond acceptors (Lipinski definition) is 2. The fourth-order valence-corrected chi connectivity index (χ4v) is 3.29. The summed E-state index contributed by atoms with van der Waals surface area (Å²) in [4.78, 5) is 14.9. The Morgan fingerprint density at radius 1 is 1.30 bits per heavy atom. The van der Waals surface area contributed by atoms with Gasteiger partial charge in [0.1, 0.15) is 5.75 Å². The number of methoxy groups -OCH3 is 1. The maximum atomic E-state index is 12.8. The normalized spacial score (nSPS) is 15.9. The summed E-state index contributed by atoms with van der Waals surface area (Å²) in [6.45, 7) is 0.752. The molecule has 0 atom stereocenters. The average Bonchev–Trinajstić information content (AvgIpc) is 2.52. The van der Waals surface area contributed by atoms with Gasteiger partial charge in [0.2, 0.25) is 0 Å². The third-order valence-electron chi connectivity index (χ3n) is 3.94. The van der Waals surface area contributed by atoms with E-state index in [4.69, 9.17) is 4.74 Å². The van der Waals surface area contributed by atoms with Crippen LogP contribution in [-0.2, 0) is 0 Å². The third kappa shape index (κ3) is 3.54. The van der Waals surface area contributed by atoms with Crippen molar-refractivity contribution in [3.63, 3.8) is 0 Å². The van der Waals surface area contributed by atoms with E-state index in [0.29, 0.717) is 17.4 Å². The van der Waals surface area contributed by atoms with E-state index < -0.39 is 0 Å². The lowest BCUT2D eigenvalue weighted by molar-refractivity contribution is 0.0648. The van der Waals surface area contributed by atoms with Gasteiger partial charge in [-0.15, -0.1) is 0 Å². The highest BCUT2D eigenvalue weighted by Gasteiger charge is 2.27. The summed E-state index contributed by atoms with van der Waals surface area (Å²) in [5.74, 6) is 0.752. The average molecular weight is 340 g/mol. The van der Waals surface area contributed by atoms with Crippen LogP contribution in [0.15, 0.2) is 24.3 Å². The van der Waals surface area contributed by atoms with E-state index >= 15 is 0 Å². The number of hydrogen-bond donors (Lipinski definition) is 0. The van der Waals surface area contributed by atoms with E-state index in [-0.39, 0.29) is 5.91 Å². The van der Waals surface area contributed by atoms with E-state index in [0.717, 1.165) is 24.7 Å². The summed E-state index contributed by atoms with van der Waals surface area (Å²) in [5, 5.41) is 0.810. The molecule has 0 bridgehead atoms. The van der Waals surface area contributed by atoms with Gasteiger partial charge in [-0.3, -0.25) is 4.79 Å². The van der Waals surface area contributed by atoms with Gasteiger partial charge < -0.3 is 9.64 Å². The molecule has 1 aromatic carbocycles. The number of amides is 1. The van der Waals surface area contributed by atoms with Crippen LogP contribution in [0.4, 0.5) is 0 Å². The van der Waals surface area contributed by atoms with E-state index in [1.54, 1.807) is 7.11 Å². The standard InChI is InChI=1S/C16H22BrNO2/c1-20-15-10-6-5-9-14(15)16(19)18(12-11-17)13-7-3-2-4-8-13/h5-6,9-10,13H,2-4,7-8,11-12H2,1H3. The Bertz CT molecular complexity index is 444. The summed E-state index contributed by atoms with van der Waals surface area (Å²) >= 11 is 3.47. The highest BCUT2D eigenvalue weighted by atomic mass is 79.9. The van der Waals surface area contributed by atoms with Crippen LogP contribution in [0.25, 0.3) is 0 Å². The predicted octanol–water partition coefficient (Wildman–Crippen LogP) is 3.87. The highest BCUT2D eigenvalue weighted by molar-refractivity contribution is 9.09. The van der Waals surface area contributed by atoms with Gasteiger partial charge in [0, 0.05) is 17.9 Å². The van der Waals surface area contributed by atoms with Gasteiger partial charge in [0.25, 0.3) is 5.91 Å². The van der Waals surface area contributed by atoms with E-state index in [1.165, 1.54) is 19.3 Å². The molecule has 0 radical (unpaired) electrons. The Hall–Kier alpha value is -1.03. The third-order valence-corrected chi connectivity index (χ3v) is 4.29. The minimum absolute atomic E-state index is 0.0915. The maximum absolute atomic E-state index is 12.8. The van der Waals surface area contributed by atoms with Crippen LogP contribution >= 0.6 is 15.9 Å². The zero-order chi connectivity index (χ0) is 14.4. The number of benzene rings is 1. The van der Waals surface area contributed by atoms with Crippen molar-refractivity contribution >= 4 is 21.8 Å². The number of halogens is 1. The molecule has 0 spiro atoms. The monoisotopic (exact) mass is 339 g/mol. The predicted molar refractivity (Wildman–Crippen MR) is 84.7 cm³/mol. The van der Waals surface area contributed by atoms with E-state index in [1.807, 2.05) is 29.2 Å². The second-order valence-electron chi connectivity index (χ2n) is 5.18.